The van der Waals surface area contributed by atoms with Gasteiger partial charge in [-0.25, -0.2) is 0 Å². The molecule has 1 N–H and O–H groups in total. The number of aliphatic hydroxyl groups excluding tert-OH is 1. The van der Waals surface area contributed by atoms with Crippen molar-refractivity contribution >= 4 is 17.1 Å². The maximum Gasteiger partial charge on any atom is 0.196 e. The number of aryl methyl sites for hydroxylation is 1. The molecule has 3 rings (SSSR count). The summed E-state index contributed by atoms with van der Waals surface area (Å²) in [4.78, 5) is 16.2. The average molecular weight is 370 g/mol. The van der Waals surface area contributed by atoms with E-state index in [2.05, 4.69) is 17.1 Å². The second kappa shape index (κ2) is 7.90. The van der Waals surface area contributed by atoms with Gasteiger partial charge in [-0.2, -0.15) is 0 Å². The van der Waals surface area contributed by atoms with Crippen molar-refractivity contribution in [3.8, 4) is 5.00 Å². The summed E-state index contributed by atoms with van der Waals surface area (Å²) in [6.07, 6.45) is 0.833. The highest BCUT2D eigenvalue weighted by Crippen LogP contribution is 2.31. The maximum absolute atomic E-state index is 13.1. The number of carbonyl (C=O) groups is 1. The average Bonchev–Trinajstić information content (AvgIpc) is 3.24. The molecule has 7 heteroatoms. The van der Waals surface area contributed by atoms with E-state index in [0.717, 1.165) is 16.3 Å². The van der Waals surface area contributed by atoms with Crippen LogP contribution >= 0.6 is 11.3 Å². The van der Waals surface area contributed by atoms with Crippen molar-refractivity contribution in [2.24, 2.45) is 0 Å². The van der Waals surface area contributed by atoms with Gasteiger partial charge < -0.3 is 10.0 Å². The van der Waals surface area contributed by atoms with Crippen LogP contribution in [-0.2, 0) is 19.6 Å². The number of ketones is 1. The number of hydrogen-bond acceptors (Lipinski definition) is 6. The van der Waals surface area contributed by atoms with E-state index in [1.54, 1.807) is 11.3 Å². The molecule has 0 saturated heterocycles. The second-order valence-corrected chi connectivity index (χ2v) is 7.36. The second-order valence-electron chi connectivity index (χ2n) is 6.24. The molecular formula is C19H22N4O2S. The molecular weight excluding hydrogens is 348 g/mol. The van der Waals surface area contributed by atoms with Gasteiger partial charge in [0, 0.05) is 10.4 Å². The van der Waals surface area contributed by atoms with E-state index >= 15 is 0 Å². The number of thiophene rings is 1. The third-order valence-corrected chi connectivity index (χ3v) is 5.26. The molecule has 0 bridgehead atoms. The minimum atomic E-state index is -0.237. The van der Waals surface area contributed by atoms with Crippen molar-refractivity contribution in [2.45, 2.75) is 26.5 Å². The van der Waals surface area contributed by atoms with Crippen LogP contribution in [0, 0.1) is 0 Å². The lowest BCUT2D eigenvalue weighted by molar-refractivity contribution is 0.103. The number of rotatable bonds is 7. The molecule has 0 atom stereocenters. The number of hydrogen-bond donors (Lipinski definition) is 1. The predicted octanol–water partition coefficient (Wildman–Crippen LogP) is 2.68. The van der Waals surface area contributed by atoms with Crippen LogP contribution in [0.25, 0.3) is 5.00 Å². The van der Waals surface area contributed by atoms with E-state index in [1.807, 2.05) is 60.0 Å². The highest BCUT2D eigenvalue weighted by Gasteiger charge is 2.23. The van der Waals surface area contributed by atoms with Crippen LogP contribution in [0.1, 0.15) is 39.4 Å². The van der Waals surface area contributed by atoms with Crippen LogP contribution in [0.3, 0.4) is 0 Å². The van der Waals surface area contributed by atoms with Gasteiger partial charge in [0.1, 0.15) is 11.6 Å². The SMILES string of the molecule is CCc1cc(C(=O)c2ccccc2)c(-n2c(CO)nnc2CN(C)C)s1. The Kier molecular flexibility index (Phi) is 5.61. The van der Waals surface area contributed by atoms with Crippen molar-refractivity contribution in [2.75, 3.05) is 14.1 Å². The lowest BCUT2D eigenvalue weighted by Crippen LogP contribution is -2.16. The summed E-state index contributed by atoms with van der Waals surface area (Å²) in [5, 5.41) is 18.8. The Balaban J connectivity index is 2.16. The van der Waals surface area contributed by atoms with Crippen molar-refractivity contribution < 1.29 is 9.90 Å². The first-order chi connectivity index (χ1) is 12.5. The first kappa shape index (κ1) is 18.4. The van der Waals surface area contributed by atoms with Crippen LogP contribution in [0.4, 0.5) is 0 Å². The molecule has 6 nitrogen and oxygen atoms in total. The normalized spacial score (nSPS) is 11.3. The minimum Gasteiger partial charge on any atom is -0.388 e. The molecule has 0 saturated carbocycles. The topological polar surface area (TPSA) is 71.2 Å². The number of nitrogens with zero attached hydrogens (tertiary/aromatic N) is 4. The smallest absolute Gasteiger partial charge is 0.196 e. The fourth-order valence-corrected chi connectivity index (χ4v) is 3.89. The van der Waals surface area contributed by atoms with E-state index in [4.69, 9.17) is 0 Å². The van der Waals surface area contributed by atoms with Gasteiger partial charge in [0.2, 0.25) is 0 Å². The van der Waals surface area contributed by atoms with Crippen molar-refractivity contribution in [3.05, 3.63) is 64.1 Å². The molecule has 0 radical (unpaired) electrons. The summed E-state index contributed by atoms with van der Waals surface area (Å²) in [6, 6.07) is 11.2. The Bertz CT molecular complexity index is 900. The van der Waals surface area contributed by atoms with Crippen LogP contribution in [-0.4, -0.2) is 44.6 Å². The quantitative estimate of drug-likeness (QED) is 0.648. The van der Waals surface area contributed by atoms with Crippen molar-refractivity contribution in [1.82, 2.24) is 19.7 Å². The number of aliphatic hydroxyl groups is 1. The van der Waals surface area contributed by atoms with E-state index in [0.29, 0.717) is 29.3 Å². The monoisotopic (exact) mass is 370 g/mol. The summed E-state index contributed by atoms with van der Waals surface area (Å²) in [6.45, 7) is 2.39. The molecule has 2 aromatic heterocycles. The Labute approximate surface area is 156 Å². The Morgan fingerprint density at radius 3 is 2.50 bits per heavy atom. The molecule has 0 aliphatic heterocycles. The largest absolute Gasteiger partial charge is 0.388 e. The maximum atomic E-state index is 13.1. The fourth-order valence-electron chi connectivity index (χ4n) is 2.76. The molecule has 2 heterocycles. The van der Waals surface area contributed by atoms with Crippen LogP contribution in [0.5, 0.6) is 0 Å². The Morgan fingerprint density at radius 2 is 1.88 bits per heavy atom. The van der Waals surface area contributed by atoms with E-state index in [9.17, 15) is 9.90 Å². The third-order valence-electron chi connectivity index (χ3n) is 3.99. The molecule has 0 unspecified atom stereocenters. The summed E-state index contributed by atoms with van der Waals surface area (Å²) in [5.74, 6) is 1.10. The van der Waals surface area contributed by atoms with Gasteiger partial charge >= 0.3 is 0 Å². The van der Waals surface area contributed by atoms with E-state index < -0.39 is 0 Å². The van der Waals surface area contributed by atoms with Gasteiger partial charge in [-0.3, -0.25) is 9.36 Å². The molecule has 0 aliphatic carbocycles. The van der Waals surface area contributed by atoms with Gasteiger partial charge in [-0.05, 0) is 26.6 Å². The summed E-state index contributed by atoms with van der Waals surface area (Å²) in [5.41, 5.74) is 1.26. The number of benzene rings is 1. The van der Waals surface area contributed by atoms with Crippen molar-refractivity contribution in [3.63, 3.8) is 0 Å². The Hall–Kier alpha value is -2.35. The van der Waals surface area contributed by atoms with Gasteiger partial charge in [0.05, 0.1) is 12.1 Å². The first-order valence-electron chi connectivity index (χ1n) is 8.46. The van der Waals surface area contributed by atoms with Gasteiger partial charge in [0.15, 0.2) is 17.4 Å². The third kappa shape index (κ3) is 3.60. The molecule has 0 aliphatic rings. The zero-order valence-corrected chi connectivity index (χ0v) is 16.0. The zero-order valence-electron chi connectivity index (χ0n) is 15.1. The fraction of sp³-hybridized carbons (Fsp3) is 0.316. The van der Waals surface area contributed by atoms with Crippen LogP contribution < -0.4 is 0 Å². The number of aromatic nitrogens is 3. The molecule has 3 aromatic rings. The van der Waals surface area contributed by atoms with Crippen LogP contribution in [0.15, 0.2) is 36.4 Å². The van der Waals surface area contributed by atoms with E-state index in [-0.39, 0.29) is 12.4 Å². The molecule has 136 valence electrons. The number of carbonyl (C=O) groups excluding carboxylic acids is 1. The van der Waals surface area contributed by atoms with Crippen molar-refractivity contribution in [1.29, 1.82) is 0 Å². The lowest BCUT2D eigenvalue weighted by atomic mass is 10.0. The summed E-state index contributed by atoms with van der Waals surface area (Å²) < 4.78 is 1.82. The van der Waals surface area contributed by atoms with E-state index in [1.165, 1.54) is 0 Å². The summed E-state index contributed by atoms with van der Waals surface area (Å²) >= 11 is 1.54. The molecule has 26 heavy (non-hydrogen) atoms. The molecule has 0 amide bonds. The molecule has 0 fully saturated rings. The van der Waals surface area contributed by atoms with Gasteiger partial charge in [-0.15, -0.1) is 21.5 Å². The first-order valence-corrected chi connectivity index (χ1v) is 9.28. The van der Waals surface area contributed by atoms with Crippen LogP contribution in [0.2, 0.25) is 0 Å². The zero-order chi connectivity index (χ0) is 18.7. The minimum absolute atomic E-state index is 0.0371. The highest BCUT2D eigenvalue weighted by atomic mass is 32.1. The standard InChI is InChI=1S/C19H22N4O2S/c1-4-14-10-15(18(25)13-8-6-5-7-9-13)19(26-14)23-16(11-22(2)3)20-21-17(23)12-24/h5-10,24H,4,11-12H2,1-3H3. The van der Waals surface area contributed by atoms with Gasteiger partial charge in [0.25, 0.3) is 0 Å². The molecule has 0 spiro atoms. The Morgan fingerprint density at radius 1 is 1.19 bits per heavy atom. The lowest BCUT2D eigenvalue weighted by Gasteiger charge is -2.13. The molecule has 1 aromatic carbocycles. The summed E-state index contributed by atoms with van der Waals surface area (Å²) in [7, 11) is 3.89. The highest BCUT2D eigenvalue weighted by molar-refractivity contribution is 7.15. The van der Waals surface area contributed by atoms with Gasteiger partial charge in [-0.1, -0.05) is 37.3 Å². The predicted molar refractivity (Wildman–Crippen MR) is 102 cm³/mol.